The van der Waals surface area contributed by atoms with Crippen LogP contribution in [-0.4, -0.2) is 83.0 Å². The lowest BCUT2D eigenvalue weighted by Gasteiger charge is -2.32. The number of anilines is 3. The van der Waals surface area contributed by atoms with Crippen molar-refractivity contribution in [2.45, 2.75) is 30.6 Å². The molecule has 0 saturated carbocycles. The molecule has 0 radical (unpaired) electrons. The van der Waals surface area contributed by atoms with Gasteiger partial charge in [0, 0.05) is 79.8 Å². The Morgan fingerprint density at radius 2 is 1.70 bits per heavy atom. The summed E-state index contributed by atoms with van der Waals surface area (Å²) >= 11 is 1.36. The standard InChI is InChI=1S/C32H40N6O3S2/c1-36(2)29-14-8-13-27-26(29)12-9-15-30(27)43(40,41)35-25-11-7-10-24(22-25)28-23-42-32(33-28)34-31(39)16-5-4-6-17-38-20-18-37(3)19-21-38/h7-15,22-23,35H,4-6,16-21H2,1-3H3,(H,33,34,39). The first kappa shape index (κ1) is 30.9. The highest BCUT2D eigenvalue weighted by Gasteiger charge is 2.19. The number of rotatable bonds is 12. The van der Waals surface area contributed by atoms with Crippen LogP contribution < -0.4 is 14.9 Å². The molecule has 1 saturated heterocycles. The van der Waals surface area contributed by atoms with Crippen molar-refractivity contribution in [3.63, 3.8) is 0 Å². The lowest BCUT2D eigenvalue weighted by atomic mass is 10.1. The monoisotopic (exact) mass is 620 g/mol. The summed E-state index contributed by atoms with van der Waals surface area (Å²) in [5.41, 5.74) is 2.82. The number of thiazole rings is 1. The summed E-state index contributed by atoms with van der Waals surface area (Å²) < 4.78 is 29.7. The maximum Gasteiger partial charge on any atom is 0.262 e. The van der Waals surface area contributed by atoms with E-state index in [1.54, 1.807) is 30.3 Å². The number of unbranched alkanes of at least 4 members (excludes halogenated alkanes) is 2. The zero-order valence-corrected chi connectivity index (χ0v) is 26.7. The van der Waals surface area contributed by atoms with Crippen molar-refractivity contribution in [1.29, 1.82) is 0 Å². The van der Waals surface area contributed by atoms with Crippen LogP contribution >= 0.6 is 11.3 Å². The second-order valence-electron chi connectivity index (χ2n) is 11.3. The second kappa shape index (κ2) is 13.9. The number of carbonyl (C=O) groups is 1. The highest BCUT2D eigenvalue weighted by atomic mass is 32.2. The molecule has 0 atom stereocenters. The van der Waals surface area contributed by atoms with Crippen molar-refractivity contribution in [3.8, 4) is 11.3 Å². The minimum absolute atomic E-state index is 0.0329. The molecule has 228 valence electrons. The Morgan fingerprint density at radius 1 is 0.953 bits per heavy atom. The van der Waals surface area contributed by atoms with E-state index < -0.39 is 10.0 Å². The Labute approximate surface area is 258 Å². The van der Waals surface area contributed by atoms with Gasteiger partial charge >= 0.3 is 0 Å². The molecule has 0 aliphatic carbocycles. The van der Waals surface area contributed by atoms with Gasteiger partial charge in [0.1, 0.15) is 0 Å². The van der Waals surface area contributed by atoms with E-state index in [9.17, 15) is 13.2 Å². The van der Waals surface area contributed by atoms with Crippen LogP contribution in [0.25, 0.3) is 22.0 Å². The Bertz CT molecular complexity index is 1660. The maximum atomic E-state index is 13.5. The fourth-order valence-corrected chi connectivity index (χ4v) is 7.36. The van der Waals surface area contributed by atoms with Gasteiger partial charge in [-0.15, -0.1) is 11.3 Å². The molecule has 0 spiro atoms. The number of piperazine rings is 1. The van der Waals surface area contributed by atoms with E-state index in [0.29, 0.717) is 28.3 Å². The summed E-state index contributed by atoms with van der Waals surface area (Å²) in [5.74, 6) is -0.0329. The molecule has 1 aliphatic heterocycles. The van der Waals surface area contributed by atoms with Gasteiger partial charge in [-0.1, -0.05) is 42.8 Å². The first-order chi connectivity index (χ1) is 20.7. The summed E-state index contributed by atoms with van der Waals surface area (Å²) in [6.45, 7) is 5.60. The van der Waals surface area contributed by atoms with E-state index in [-0.39, 0.29) is 10.8 Å². The van der Waals surface area contributed by atoms with Crippen LogP contribution in [0.15, 0.2) is 70.9 Å². The Kier molecular flexibility index (Phi) is 9.97. The fourth-order valence-electron chi connectivity index (χ4n) is 5.36. The van der Waals surface area contributed by atoms with Crippen molar-refractivity contribution >= 4 is 54.5 Å². The minimum Gasteiger partial charge on any atom is -0.377 e. The Morgan fingerprint density at radius 3 is 2.49 bits per heavy atom. The number of nitrogens with one attached hydrogen (secondary N) is 2. The summed E-state index contributed by atoms with van der Waals surface area (Å²) in [6, 6.07) is 18.1. The second-order valence-corrected chi connectivity index (χ2v) is 13.8. The van der Waals surface area contributed by atoms with Crippen LogP contribution in [0, 0.1) is 0 Å². The average Bonchev–Trinajstić information content (AvgIpc) is 3.45. The van der Waals surface area contributed by atoms with Crippen LogP contribution in [0.2, 0.25) is 0 Å². The first-order valence-electron chi connectivity index (χ1n) is 14.7. The molecule has 11 heteroatoms. The topological polar surface area (TPSA) is 97.9 Å². The van der Waals surface area contributed by atoms with Crippen LogP contribution in [-0.2, 0) is 14.8 Å². The van der Waals surface area contributed by atoms with Gasteiger partial charge in [0.15, 0.2) is 5.13 Å². The number of sulfonamides is 1. The van der Waals surface area contributed by atoms with E-state index in [1.807, 2.05) is 54.7 Å². The number of aromatic nitrogens is 1. The Hall–Kier alpha value is -3.51. The lowest BCUT2D eigenvalue weighted by molar-refractivity contribution is -0.116. The third-order valence-electron chi connectivity index (χ3n) is 7.77. The summed E-state index contributed by atoms with van der Waals surface area (Å²) in [6.07, 6.45) is 3.46. The fraction of sp³-hybridized carbons (Fsp3) is 0.375. The molecule has 43 heavy (non-hydrogen) atoms. The van der Waals surface area contributed by atoms with Crippen LogP contribution in [0.5, 0.6) is 0 Å². The molecule has 3 aromatic carbocycles. The highest BCUT2D eigenvalue weighted by molar-refractivity contribution is 7.93. The molecule has 9 nitrogen and oxygen atoms in total. The summed E-state index contributed by atoms with van der Waals surface area (Å²) in [5, 5.41) is 6.85. The van der Waals surface area contributed by atoms with Crippen LogP contribution in [0.3, 0.4) is 0 Å². The summed E-state index contributed by atoms with van der Waals surface area (Å²) in [7, 11) is 2.18. The zero-order valence-electron chi connectivity index (χ0n) is 25.0. The van der Waals surface area contributed by atoms with Crippen molar-refractivity contribution in [3.05, 3.63) is 66.0 Å². The smallest absolute Gasteiger partial charge is 0.262 e. The van der Waals surface area contributed by atoms with Gasteiger partial charge in [-0.05, 0) is 50.7 Å². The molecule has 1 amide bonds. The van der Waals surface area contributed by atoms with E-state index in [0.717, 1.165) is 68.6 Å². The number of benzene rings is 3. The molecule has 4 aromatic rings. The van der Waals surface area contributed by atoms with Crippen molar-refractivity contribution in [1.82, 2.24) is 14.8 Å². The predicted molar refractivity (Wildman–Crippen MR) is 178 cm³/mol. The number of likely N-dealkylation sites (N-methyl/N-ethyl adjacent to an activating group) is 1. The number of hydrogen-bond acceptors (Lipinski definition) is 8. The van der Waals surface area contributed by atoms with E-state index in [2.05, 4.69) is 31.9 Å². The molecule has 2 heterocycles. The summed E-state index contributed by atoms with van der Waals surface area (Å²) in [4.78, 5) is 24.2. The molecule has 0 bridgehead atoms. The number of fused-ring (bicyclic) bond motifs is 1. The SMILES string of the molecule is CN1CCN(CCCCCC(=O)Nc2nc(-c3cccc(NS(=O)(=O)c4cccc5c(N(C)C)cccc45)c3)cs2)CC1. The molecule has 1 aliphatic rings. The molecule has 2 N–H and O–H groups in total. The largest absolute Gasteiger partial charge is 0.377 e. The molecule has 1 fully saturated rings. The van der Waals surface area contributed by atoms with Crippen molar-refractivity contribution in [2.75, 3.05) is 68.8 Å². The van der Waals surface area contributed by atoms with Crippen molar-refractivity contribution < 1.29 is 13.2 Å². The van der Waals surface area contributed by atoms with Gasteiger partial charge in [0.2, 0.25) is 5.91 Å². The number of amides is 1. The van der Waals surface area contributed by atoms with Crippen LogP contribution in [0.1, 0.15) is 25.7 Å². The molecule has 1 aromatic heterocycles. The van der Waals surface area contributed by atoms with Gasteiger partial charge < -0.3 is 20.0 Å². The van der Waals surface area contributed by atoms with Gasteiger partial charge in [-0.25, -0.2) is 13.4 Å². The van der Waals surface area contributed by atoms with Crippen LogP contribution in [0.4, 0.5) is 16.5 Å². The zero-order chi connectivity index (χ0) is 30.4. The van der Waals surface area contributed by atoms with E-state index >= 15 is 0 Å². The third-order valence-corrected chi connectivity index (χ3v) is 9.96. The lowest BCUT2D eigenvalue weighted by Crippen LogP contribution is -2.44. The van der Waals surface area contributed by atoms with E-state index in [1.165, 1.54) is 11.3 Å². The number of nitrogens with zero attached hydrogens (tertiary/aromatic N) is 4. The first-order valence-corrected chi connectivity index (χ1v) is 17.0. The average molecular weight is 621 g/mol. The normalized spacial score (nSPS) is 14.6. The van der Waals surface area contributed by atoms with Crippen molar-refractivity contribution in [2.24, 2.45) is 0 Å². The third kappa shape index (κ3) is 7.91. The molecular formula is C32H40N6O3S2. The molecule has 0 unspecified atom stereocenters. The molecule has 5 rings (SSSR count). The van der Waals surface area contributed by atoms with E-state index in [4.69, 9.17) is 0 Å². The minimum atomic E-state index is -3.86. The molecular weight excluding hydrogens is 581 g/mol. The quantitative estimate of drug-likeness (QED) is 0.200. The van der Waals surface area contributed by atoms with Gasteiger partial charge in [-0.3, -0.25) is 9.52 Å². The predicted octanol–water partition coefficient (Wildman–Crippen LogP) is 5.58. The number of hydrogen-bond donors (Lipinski definition) is 2. The maximum absolute atomic E-state index is 13.5. The van der Waals surface area contributed by atoms with Gasteiger partial charge in [0.25, 0.3) is 10.0 Å². The number of carbonyl (C=O) groups excluding carboxylic acids is 1. The van der Waals surface area contributed by atoms with Gasteiger partial charge in [-0.2, -0.15) is 0 Å². The Balaban J connectivity index is 1.17. The highest BCUT2D eigenvalue weighted by Crippen LogP contribution is 2.32. The van der Waals surface area contributed by atoms with Gasteiger partial charge in [0.05, 0.1) is 10.6 Å².